The summed E-state index contributed by atoms with van der Waals surface area (Å²) >= 11 is 12.0. The lowest BCUT2D eigenvalue weighted by Gasteiger charge is -2.14. The predicted molar refractivity (Wildman–Crippen MR) is 127 cm³/mol. The predicted octanol–water partition coefficient (Wildman–Crippen LogP) is 5.33. The third-order valence-electron chi connectivity index (χ3n) is 4.94. The number of anilines is 1. The topological polar surface area (TPSA) is 73.2 Å². The van der Waals surface area contributed by atoms with Gasteiger partial charge in [0.2, 0.25) is 0 Å². The number of carbonyl (C=O) groups excluding carboxylic acids is 1. The average molecular weight is 468 g/mol. The molecule has 0 spiro atoms. The first-order valence-corrected chi connectivity index (χ1v) is 10.6. The smallest absolute Gasteiger partial charge is 0.265 e. The van der Waals surface area contributed by atoms with Gasteiger partial charge < -0.3 is 10.1 Å². The Morgan fingerprint density at radius 3 is 2.62 bits per heavy atom. The van der Waals surface area contributed by atoms with Gasteiger partial charge in [0.25, 0.3) is 11.5 Å². The first-order chi connectivity index (χ1) is 15.3. The second kappa shape index (κ2) is 9.02. The minimum absolute atomic E-state index is 0.143. The van der Waals surface area contributed by atoms with E-state index in [0.29, 0.717) is 43.9 Å². The number of nitrogens with zero attached hydrogens (tertiary/aromatic N) is 2. The van der Waals surface area contributed by atoms with Gasteiger partial charge in [0.15, 0.2) is 6.61 Å². The molecule has 1 aromatic heterocycles. The molecule has 1 amide bonds. The van der Waals surface area contributed by atoms with Crippen molar-refractivity contribution in [2.75, 3.05) is 11.9 Å². The maximum Gasteiger partial charge on any atom is 0.265 e. The van der Waals surface area contributed by atoms with Crippen molar-refractivity contribution in [3.8, 4) is 11.4 Å². The van der Waals surface area contributed by atoms with E-state index in [0.717, 1.165) is 5.56 Å². The van der Waals surface area contributed by atoms with Crippen molar-refractivity contribution in [1.82, 2.24) is 9.55 Å². The zero-order valence-electron chi connectivity index (χ0n) is 17.4. The van der Waals surface area contributed by atoms with Crippen LogP contribution in [0.3, 0.4) is 0 Å². The number of hydrogen-bond donors (Lipinski definition) is 1. The quantitative estimate of drug-likeness (QED) is 0.430. The lowest BCUT2D eigenvalue weighted by Crippen LogP contribution is -2.23. The number of ether oxygens (including phenoxy) is 1. The van der Waals surface area contributed by atoms with Crippen molar-refractivity contribution < 1.29 is 9.53 Å². The van der Waals surface area contributed by atoms with Gasteiger partial charge in [0.05, 0.1) is 21.6 Å². The van der Waals surface area contributed by atoms with Crippen LogP contribution in [0, 0.1) is 13.8 Å². The summed E-state index contributed by atoms with van der Waals surface area (Å²) < 4.78 is 7.04. The molecule has 4 aromatic rings. The number of aryl methyl sites for hydroxylation is 2. The van der Waals surface area contributed by atoms with Gasteiger partial charge in [0.1, 0.15) is 11.6 Å². The van der Waals surface area contributed by atoms with Crippen LogP contribution in [-0.2, 0) is 4.79 Å². The van der Waals surface area contributed by atoms with E-state index in [-0.39, 0.29) is 18.1 Å². The molecule has 1 heterocycles. The number of hydrogen-bond acceptors (Lipinski definition) is 4. The molecule has 0 saturated heterocycles. The van der Waals surface area contributed by atoms with Crippen molar-refractivity contribution in [3.05, 3.63) is 92.5 Å². The Morgan fingerprint density at radius 1 is 1.06 bits per heavy atom. The third kappa shape index (κ3) is 4.47. The maximum absolute atomic E-state index is 13.0. The highest BCUT2D eigenvalue weighted by Gasteiger charge is 2.12. The fraction of sp³-hybridized carbons (Fsp3) is 0.125. The van der Waals surface area contributed by atoms with Crippen LogP contribution in [0.25, 0.3) is 16.6 Å². The number of rotatable bonds is 5. The van der Waals surface area contributed by atoms with Crippen LogP contribution in [0.15, 0.2) is 65.5 Å². The summed E-state index contributed by atoms with van der Waals surface area (Å²) in [7, 11) is 0. The largest absolute Gasteiger partial charge is 0.482 e. The Labute approximate surface area is 194 Å². The van der Waals surface area contributed by atoms with Crippen LogP contribution in [0.5, 0.6) is 5.75 Å². The summed E-state index contributed by atoms with van der Waals surface area (Å²) in [4.78, 5) is 29.9. The summed E-state index contributed by atoms with van der Waals surface area (Å²) in [6, 6.07) is 17.4. The van der Waals surface area contributed by atoms with Crippen LogP contribution in [0.1, 0.15) is 11.4 Å². The second-order valence-electron chi connectivity index (χ2n) is 7.23. The highest BCUT2D eigenvalue weighted by Crippen LogP contribution is 2.27. The molecule has 162 valence electrons. The number of nitrogens with one attached hydrogen (secondary N) is 1. The van der Waals surface area contributed by atoms with E-state index in [1.165, 1.54) is 0 Å². The molecule has 4 rings (SSSR count). The van der Waals surface area contributed by atoms with Crippen LogP contribution in [0.4, 0.5) is 5.69 Å². The molecule has 0 aliphatic heterocycles. The van der Waals surface area contributed by atoms with Crippen molar-refractivity contribution in [1.29, 1.82) is 0 Å². The fourth-order valence-electron chi connectivity index (χ4n) is 3.39. The van der Waals surface area contributed by atoms with E-state index in [1.54, 1.807) is 47.9 Å². The van der Waals surface area contributed by atoms with Crippen molar-refractivity contribution in [3.63, 3.8) is 0 Å². The summed E-state index contributed by atoms with van der Waals surface area (Å²) in [6.07, 6.45) is 0. The molecular formula is C24H19Cl2N3O3. The molecule has 0 aliphatic carbocycles. The van der Waals surface area contributed by atoms with Crippen molar-refractivity contribution in [2.24, 2.45) is 0 Å². The highest BCUT2D eigenvalue weighted by atomic mass is 35.5. The molecule has 0 unspecified atom stereocenters. The lowest BCUT2D eigenvalue weighted by molar-refractivity contribution is -0.118. The SMILES string of the molecule is Cc1cc(-n2c(C)nc3ccccc3c2=O)ccc1NC(=O)COc1cc(Cl)ccc1Cl. The van der Waals surface area contributed by atoms with Gasteiger partial charge in [-0.25, -0.2) is 4.98 Å². The molecule has 0 fully saturated rings. The van der Waals surface area contributed by atoms with Gasteiger partial charge in [-0.2, -0.15) is 0 Å². The van der Waals surface area contributed by atoms with Crippen LogP contribution in [-0.4, -0.2) is 22.1 Å². The first-order valence-electron chi connectivity index (χ1n) is 9.80. The van der Waals surface area contributed by atoms with Crippen molar-refractivity contribution >= 4 is 45.7 Å². The van der Waals surface area contributed by atoms with E-state index in [4.69, 9.17) is 27.9 Å². The zero-order chi connectivity index (χ0) is 22.8. The van der Waals surface area contributed by atoms with Crippen LogP contribution in [0.2, 0.25) is 10.0 Å². The molecule has 3 aromatic carbocycles. The Morgan fingerprint density at radius 2 is 1.84 bits per heavy atom. The Kier molecular flexibility index (Phi) is 6.17. The molecule has 8 heteroatoms. The summed E-state index contributed by atoms with van der Waals surface area (Å²) in [5.74, 6) is 0.564. The third-order valence-corrected chi connectivity index (χ3v) is 5.49. The number of fused-ring (bicyclic) bond motifs is 1. The van der Waals surface area contributed by atoms with E-state index < -0.39 is 0 Å². The number of halogens is 2. The number of benzene rings is 3. The van der Waals surface area contributed by atoms with Gasteiger partial charge in [-0.05, 0) is 61.9 Å². The molecule has 0 radical (unpaired) electrons. The number of aromatic nitrogens is 2. The minimum Gasteiger partial charge on any atom is -0.482 e. The minimum atomic E-state index is -0.349. The standard InChI is InChI=1S/C24H19Cl2N3O3/c1-14-11-17(29-15(2)27-21-6-4-3-5-18(21)24(29)31)8-10-20(14)28-23(30)13-32-22-12-16(25)7-9-19(22)26/h3-12H,13H2,1-2H3,(H,28,30). The van der Waals surface area contributed by atoms with Crippen molar-refractivity contribution in [2.45, 2.75) is 13.8 Å². The summed E-state index contributed by atoms with van der Waals surface area (Å²) in [6.45, 7) is 3.41. The van der Waals surface area contributed by atoms with E-state index in [9.17, 15) is 9.59 Å². The van der Waals surface area contributed by atoms with E-state index in [2.05, 4.69) is 10.3 Å². The Bertz CT molecular complexity index is 1400. The summed E-state index contributed by atoms with van der Waals surface area (Å²) in [5, 5.41) is 4.19. The average Bonchev–Trinajstić information content (AvgIpc) is 2.76. The van der Waals surface area contributed by atoms with Gasteiger partial charge in [-0.15, -0.1) is 0 Å². The lowest BCUT2D eigenvalue weighted by atomic mass is 10.1. The number of carbonyl (C=O) groups is 1. The fourth-order valence-corrected chi connectivity index (χ4v) is 3.73. The van der Waals surface area contributed by atoms with Crippen LogP contribution < -0.4 is 15.6 Å². The molecule has 0 atom stereocenters. The molecule has 6 nitrogen and oxygen atoms in total. The highest BCUT2D eigenvalue weighted by molar-refractivity contribution is 6.34. The molecular weight excluding hydrogens is 449 g/mol. The summed E-state index contributed by atoms with van der Waals surface area (Å²) in [5.41, 5.74) is 2.58. The maximum atomic E-state index is 13.0. The normalized spacial score (nSPS) is 10.9. The van der Waals surface area contributed by atoms with Crippen LogP contribution >= 0.6 is 23.2 Å². The Hall–Kier alpha value is -3.35. The van der Waals surface area contributed by atoms with E-state index >= 15 is 0 Å². The van der Waals surface area contributed by atoms with Gasteiger partial charge in [-0.3, -0.25) is 14.2 Å². The van der Waals surface area contributed by atoms with E-state index in [1.807, 2.05) is 31.2 Å². The number of amides is 1. The number of para-hydroxylation sites is 1. The monoisotopic (exact) mass is 467 g/mol. The zero-order valence-corrected chi connectivity index (χ0v) is 18.9. The molecule has 1 N–H and O–H groups in total. The first kappa shape index (κ1) is 21.9. The van der Waals surface area contributed by atoms with Gasteiger partial charge >= 0.3 is 0 Å². The molecule has 0 bridgehead atoms. The second-order valence-corrected chi connectivity index (χ2v) is 8.07. The van der Waals surface area contributed by atoms with Gasteiger partial charge in [0, 0.05) is 16.8 Å². The molecule has 0 saturated carbocycles. The Balaban J connectivity index is 1.54. The van der Waals surface area contributed by atoms with Gasteiger partial charge in [-0.1, -0.05) is 35.3 Å². The molecule has 0 aliphatic rings. The molecule has 32 heavy (non-hydrogen) atoms.